The average Bonchev–Trinajstić information content (AvgIpc) is 2.62. The van der Waals surface area contributed by atoms with Gasteiger partial charge in [-0.05, 0) is 49.8 Å². The molecule has 1 aliphatic carbocycles. The highest BCUT2D eigenvalue weighted by Gasteiger charge is 2.40. The third kappa shape index (κ3) is 2.75. The zero-order valence-corrected chi connectivity index (χ0v) is 13.8. The van der Waals surface area contributed by atoms with Gasteiger partial charge in [0, 0.05) is 22.5 Å². The molecule has 2 nitrogen and oxygen atoms in total. The predicted molar refractivity (Wildman–Crippen MR) is 85.9 cm³/mol. The van der Waals surface area contributed by atoms with Crippen LogP contribution in [0.4, 0.5) is 0 Å². The van der Waals surface area contributed by atoms with Crippen LogP contribution in [0.5, 0.6) is 5.75 Å². The standard InChI is InChI=1S/C17H24BrNO/c1-2-12-4-3-8-17(9-7-12)11-15(19)14-10-13(18)5-6-16(14)20-17/h5-6,10,12,15H,2-4,7-9,11,19H2,1H3/t12?,15-,17?/m1/s1. The van der Waals surface area contributed by atoms with Crippen LogP contribution in [0.3, 0.4) is 0 Å². The van der Waals surface area contributed by atoms with E-state index >= 15 is 0 Å². The normalized spacial score (nSPS) is 33.4. The van der Waals surface area contributed by atoms with E-state index in [1.165, 1.54) is 25.7 Å². The molecule has 0 radical (unpaired) electrons. The summed E-state index contributed by atoms with van der Waals surface area (Å²) in [6, 6.07) is 6.34. The number of ether oxygens (including phenoxy) is 1. The molecule has 1 spiro atoms. The van der Waals surface area contributed by atoms with Crippen molar-refractivity contribution >= 4 is 15.9 Å². The summed E-state index contributed by atoms with van der Waals surface area (Å²) >= 11 is 3.52. The summed E-state index contributed by atoms with van der Waals surface area (Å²) in [5.74, 6) is 1.88. The highest BCUT2D eigenvalue weighted by molar-refractivity contribution is 9.10. The van der Waals surface area contributed by atoms with E-state index in [2.05, 4.69) is 41.1 Å². The molecule has 3 heteroatoms. The molecule has 3 atom stereocenters. The zero-order valence-electron chi connectivity index (χ0n) is 12.2. The van der Waals surface area contributed by atoms with Gasteiger partial charge in [0.2, 0.25) is 0 Å². The maximum atomic E-state index is 6.46. The number of hydrogen-bond donors (Lipinski definition) is 1. The van der Waals surface area contributed by atoms with E-state index in [1.807, 2.05) is 0 Å². The molecule has 1 fully saturated rings. The molecule has 20 heavy (non-hydrogen) atoms. The number of nitrogens with two attached hydrogens (primary N) is 1. The van der Waals surface area contributed by atoms with Crippen molar-refractivity contribution in [2.45, 2.75) is 63.5 Å². The third-order valence-corrected chi connectivity index (χ3v) is 5.61. The molecule has 1 saturated carbocycles. The second-order valence-electron chi connectivity index (χ2n) is 6.48. The summed E-state index contributed by atoms with van der Waals surface area (Å²) in [5.41, 5.74) is 7.58. The van der Waals surface area contributed by atoms with Gasteiger partial charge >= 0.3 is 0 Å². The van der Waals surface area contributed by atoms with Crippen molar-refractivity contribution in [3.63, 3.8) is 0 Å². The lowest BCUT2D eigenvalue weighted by molar-refractivity contribution is 0.0203. The molecule has 2 aliphatic rings. The lowest BCUT2D eigenvalue weighted by Crippen LogP contribution is -2.42. The Morgan fingerprint density at radius 1 is 1.35 bits per heavy atom. The van der Waals surface area contributed by atoms with E-state index in [0.29, 0.717) is 0 Å². The second kappa shape index (κ2) is 5.69. The number of halogens is 1. The van der Waals surface area contributed by atoms with Crippen LogP contribution in [-0.2, 0) is 0 Å². The van der Waals surface area contributed by atoms with Crippen molar-refractivity contribution < 1.29 is 4.74 Å². The molecule has 1 aromatic rings. The highest BCUT2D eigenvalue weighted by atomic mass is 79.9. The summed E-state index contributed by atoms with van der Waals surface area (Å²) in [7, 11) is 0. The number of fused-ring (bicyclic) bond motifs is 1. The molecular weight excluding hydrogens is 314 g/mol. The molecule has 3 rings (SSSR count). The summed E-state index contributed by atoms with van der Waals surface area (Å²) in [6.07, 6.45) is 8.50. The fourth-order valence-electron chi connectivity index (χ4n) is 3.85. The van der Waals surface area contributed by atoms with Crippen molar-refractivity contribution in [1.29, 1.82) is 0 Å². The van der Waals surface area contributed by atoms with Crippen LogP contribution in [0.2, 0.25) is 0 Å². The maximum absolute atomic E-state index is 6.46. The number of hydrogen-bond acceptors (Lipinski definition) is 2. The van der Waals surface area contributed by atoms with Crippen LogP contribution in [0.15, 0.2) is 22.7 Å². The fraction of sp³-hybridized carbons (Fsp3) is 0.647. The number of rotatable bonds is 1. The molecule has 0 bridgehead atoms. The van der Waals surface area contributed by atoms with Gasteiger partial charge in [-0.15, -0.1) is 0 Å². The lowest BCUT2D eigenvalue weighted by atomic mass is 9.82. The minimum absolute atomic E-state index is 0.00976. The van der Waals surface area contributed by atoms with E-state index in [1.54, 1.807) is 0 Å². The van der Waals surface area contributed by atoms with Crippen molar-refractivity contribution in [3.8, 4) is 5.75 Å². The van der Waals surface area contributed by atoms with Crippen LogP contribution in [0.25, 0.3) is 0 Å². The Morgan fingerprint density at radius 3 is 3.00 bits per heavy atom. The molecule has 0 aromatic heterocycles. The first-order valence-electron chi connectivity index (χ1n) is 7.86. The first-order valence-corrected chi connectivity index (χ1v) is 8.65. The molecule has 0 amide bonds. The van der Waals surface area contributed by atoms with Gasteiger partial charge in [0.05, 0.1) is 0 Å². The van der Waals surface area contributed by atoms with Gasteiger partial charge in [-0.1, -0.05) is 35.7 Å². The van der Waals surface area contributed by atoms with Crippen LogP contribution in [0, 0.1) is 5.92 Å². The summed E-state index contributed by atoms with van der Waals surface area (Å²) in [6.45, 7) is 2.31. The largest absolute Gasteiger partial charge is 0.487 e. The molecule has 110 valence electrons. The molecule has 2 unspecified atom stereocenters. The zero-order chi connectivity index (χ0) is 14.2. The fourth-order valence-corrected chi connectivity index (χ4v) is 4.23. The third-order valence-electron chi connectivity index (χ3n) is 5.12. The van der Waals surface area contributed by atoms with Crippen molar-refractivity contribution in [3.05, 3.63) is 28.2 Å². The van der Waals surface area contributed by atoms with Crippen LogP contribution in [-0.4, -0.2) is 5.60 Å². The molecule has 0 saturated heterocycles. The smallest absolute Gasteiger partial charge is 0.124 e. The first kappa shape index (κ1) is 14.4. The van der Waals surface area contributed by atoms with Gasteiger partial charge < -0.3 is 10.5 Å². The highest BCUT2D eigenvalue weighted by Crippen LogP contribution is 2.46. The topological polar surface area (TPSA) is 35.2 Å². The maximum Gasteiger partial charge on any atom is 0.124 e. The molecule has 1 aliphatic heterocycles. The van der Waals surface area contributed by atoms with Gasteiger partial charge in [0.25, 0.3) is 0 Å². The summed E-state index contributed by atoms with van der Waals surface area (Å²) < 4.78 is 7.54. The van der Waals surface area contributed by atoms with Crippen molar-refractivity contribution in [2.24, 2.45) is 11.7 Å². The van der Waals surface area contributed by atoms with Gasteiger partial charge in [0.1, 0.15) is 11.4 Å². The van der Waals surface area contributed by atoms with E-state index in [-0.39, 0.29) is 11.6 Å². The van der Waals surface area contributed by atoms with Crippen LogP contribution < -0.4 is 10.5 Å². The van der Waals surface area contributed by atoms with Gasteiger partial charge in [-0.3, -0.25) is 0 Å². The Hall–Kier alpha value is -0.540. The Kier molecular flexibility index (Phi) is 4.09. The molecule has 2 N–H and O–H groups in total. The first-order chi connectivity index (χ1) is 9.62. The Morgan fingerprint density at radius 2 is 2.20 bits per heavy atom. The Bertz CT molecular complexity index is 490. The van der Waals surface area contributed by atoms with Crippen LogP contribution >= 0.6 is 15.9 Å². The van der Waals surface area contributed by atoms with Gasteiger partial charge in [0.15, 0.2) is 0 Å². The second-order valence-corrected chi connectivity index (χ2v) is 7.40. The minimum Gasteiger partial charge on any atom is -0.487 e. The van der Waals surface area contributed by atoms with E-state index in [4.69, 9.17) is 10.5 Å². The van der Waals surface area contributed by atoms with Crippen molar-refractivity contribution in [2.75, 3.05) is 0 Å². The summed E-state index contributed by atoms with van der Waals surface area (Å²) in [5, 5.41) is 0. The quantitative estimate of drug-likeness (QED) is 0.785. The average molecular weight is 338 g/mol. The van der Waals surface area contributed by atoms with E-state index < -0.39 is 0 Å². The van der Waals surface area contributed by atoms with Crippen molar-refractivity contribution in [1.82, 2.24) is 0 Å². The van der Waals surface area contributed by atoms with Gasteiger partial charge in [-0.2, -0.15) is 0 Å². The van der Waals surface area contributed by atoms with E-state index in [9.17, 15) is 0 Å². The Labute approximate surface area is 130 Å². The van der Waals surface area contributed by atoms with E-state index in [0.717, 1.165) is 41.0 Å². The molecular formula is C17H24BrNO. The predicted octanol–water partition coefficient (Wildman–Crippen LogP) is 4.96. The lowest BCUT2D eigenvalue weighted by Gasteiger charge is -2.41. The Balaban J connectivity index is 1.85. The SMILES string of the molecule is CCC1CCCC2(CC1)C[C@@H](N)c1cc(Br)ccc1O2. The molecule has 1 heterocycles. The van der Waals surface area contributed by atoms with Gasteiger partial charge in [-0.25, -0.2) is 0 Å². The molecule has 1 aromatic carbocycles. The summed E-state index contributed by atoms with van der Waals surface area (Å²) in [4.78, 5) is 0. The monoisotopic (exact) mass is 337 g/mol. The van der Waals surface area contributed by atoms with Crippen LogP contribution in [0.1, 0.15) is 63.5 Å². The minimum atomic E-state index is -0.00976. The number of benzene rings is 1.